The van der Waals surface area contributed by atoms with Crippen LogP contribution in [0.1, 0.15) is 29.6 Å². The van der Waals surface area contributed by atoms with Gasteiger partial charge in [0.25, 0.3) is 5.91 Å². The van der Waals surface area contributed by atoms with Gasteiger partial charge in [-0.1, -0.05) is 0 Å². The summed E-state index contributed by atoms with van der Waals surface area (Å²) in [6.07, 6.45) is 1.99. The molecule has 20 heavy (non-hydrogen) atoms. The van der Waals surface area contributed by atoms with Gasteiger partial charge in [-0.05, 0) is 37.0 Å². The third kappa shape index (κ3) is 3.20. The Bertz CT molecular complexity index is 522. The molecule has 0 spiro atoms. The maximum atomic E-state index is 12.4. The van der Waals surface area contributed by atoms with Gasteiger partial charge in [-0.15, -0.1) is 0 Å². The number of rotatable bonds is 3. The number of anilines is 2. The summed E-state index contributed by atoms with van der Waals surface area (Å²) < 4.78 is 0. The van der Waals surface area contributed by atoms with Crippen molar-refractivity contribution in [1.82, 2.24) is 4.90 Å². The van der Waals surface area contributed by atoms with E-state index in [1.807, 2.05) is 0 Å². The topological polar surface area (TPSA) is 115 Å². The minimum absolute atomic E-state index is 0.0833. The van der Waals surface area contributed by atoms with Crippen LogP contribution in [0.3, 0.4) is 0 Å². The molecule has 1 aromatic carbocycles. The van der Waals surface area contributed by atoms with Crippen LogP contribution in [-0.2, 0) is 4.79 Å². The fraction of sp³-hybridized carbons (Fsp3) is 0.429. The third-order valence-electron chi connectivity index (χ3n) is 3.70. The second-order valence-corrected chi connectivity index (χ2v) is 5.25. The van der Waals surface area contributed by atoms with Gasteiger partial charge in [-0.25, -0.2) is 0 Å². The number of nitrogens with zero attached hydrogens (tertiary/aromatic N) is 1. The highest BCUT2D eigenvalue weighted by atomic mass is 16.2. The maximum Gasteiger partial charge on any atom is 0.255 e. The smallest absolute Gasteiger partial charge is 0.255 e. The molecule has 0 bridgehead atoms. The highest BCUT2D eigenvalue weighted by molar-refractivity contribution is 5.99. The highest BCUT2D eigenvalue weighted by Crippen LogP contribution is 2.24. The molecule has 0 aromatic heterocycles. The number of nitrogen functional groups attached to an aromatic ring is 2. The molecule has 1 fully saturated rings. The van der Waals surface area contributed by atoms with Gasteiger partial charge in [0, 0.05) is 30.9 Å². The quantitative estimate of drug-likeness (QED) is 0.700. The van der Waals surface area contributed by atoms with Crippen molar-refractivity contribution in [3.05, 3.63) is 23.8 Å². The summed E-state index contributed by atoms with van der Waals surface area (Å²) in [5.41, 5.74) is 18.1. The van der Waals surface area contributed by atoms with Crippen LogP contribution in [0.25, 0.3) is 0 Å². The van der Waals surface area contributed by atoms with Gasteiger partial charge >= 0.3 is 0 Å². The molecule has 0 unspecified atom stereocenters. The molecule has 1 aliphatic rings. The van der Waals surface area contributed by atoms with E-state index in [0.29, 0.717) is 36.4 Å². The molecule has 0 saturated carbocycles. The lowest BCUT2D eigenvalue weighted by atomic mass is 9.93. The number of piperidine rings is 1. The molecule has 6 heteroatoms. The van der Waals surface area contributed by atoms with Crippen molar-refractivity contribution in [2.75, 3.05) is 24.6 Å². The van der Waals surface area contributed by atoms with Crippen LogP contribution >= 0.6 is 0 Å². The molecule has 108 valence electrons. The zero-order valence-electron chi connectivity index (χ0n) is 11.3. The molecule has 1 aromatic rings. The van der Waals surface area contributed by atoms with Crippen LogP contribution in [0.2, 0.25) is 0 Å². The van der Waals surface area contributed by atoms with Crippen molar-refractivity contribution in [3.8, 4) is 0 Å². The highest BCUT2D eigenvalue weighted by Gasteiger charge is 2.25. The summed E-state index contributed by atoms with van der Waals surface area (Å²) >= 11 is 0. The van der Waals surface area contributed by atoms with E-state index >= 15 is 0 Å². The van der Waals surface area contributed by atoms with E-state index in [2.05, 4.69) is 0 Å². The lowest BCUT2D eigenvalue weighted by Crippen LogP contribution is -2.39. The summed E-state index contributed by atoms with van der Waals surface area (Å²) in [6.45, 7) is 1.25. The van der Waals surface area contributed by atoms with Crippen molar-refractivity contribution in [2.24, 2.45) is 11.7 Å². The van der Waals surface area contributed by atoms with Crippen LogP contribution in [-0.4, -0.2) is 29.8 Å². The molecular formula is C14H20N4O2. The van der Waals surface area contributed by atoms with Crippen LogP contribution in [0, 0.1) is 5.92 Å². The van der Waals surface area contributed by atoms with Gasteiger partial charge in [0.15, 0.2) is 0 Å². The predicted molar refractivity (Wildman–Crippen MR) is 77.7 cm³/mol. The van der Waals surface area contributed by atoms with Crippen molar-refractivity contribution < 1.29 is 9.59 Å². The first-order valence-electron chi connectivity index (χ1n) is 6.70. The number of likely N-dealkylation sites (tertiary alicyclic amines) is 1. The number of hydrogen-bond donors (Lipinski definition) is 3. The average Bonchev–Trinajstić information content (AvgIpc) is 2.38. The fourth-order valence-electron chi connectivity index (χ4n) is 2.57. The number of hydrogen-bond acceptors (Lipinski definition) is 4. The Balaban J connectivity index is 1.99. The van der Waals surface area contributed by atoms with E-state index in [1.54, 1.807) is 23.1 Å². The van der Waals surface area contributed by atoms with Crippen LogP contribution in [0.5, 0.6) is 0 Å². The van der Waals surface area contributed by atoms with Gasteiger partial charge in [0.2, 0.25) is 5.91 Å². The number of primary amides is 1. The lowest BCUT2D eigenvalue weighted by molar-refractivity contribution is -0.119. The first kappa shape index (κ1) is 14.2. The van der Waals surface area contributed by atoms with Gasteiger partial charge in [-0.3, -0.25) is 9.59 Å². The minimum atomic E-state index is -0.280. The standard InChI is InChI=1S/C14H20N4O2/c15-10-1-2-11(12(16)8-10)14(20)18-5-3-9(4-6-18)7-13(17)19/h1-2,8-9H,3-7,15-16H2,(H2,17,19). The van der Waals surface area contributed by atoms with Crippen molar-refractivity contribution in [2.45, 2.75) is 19.3 Å². The monoisotopic (exact) mass is 276 g/mol. The number of carbonyl (C=O) groups is 2. The van der Waals surface area contributed by atoms with Crippen molar-refractivity contribution >= 4 is 23.2 Å². The summed E-state index contributed by atoms with van der Waals surface area (Å²) in [7, 11) is 0. The van der Waals surface area contributed by atoms with Gasteiger partial charge in [0.05, 0.1) is 5.56 Å². The number of carbonyl (C=O) groups excluding carboxylic acids is 2. The average molecular weight is 276 g/mol. The Morgan fingerprint density at radius 3 is 2.40 bits per heavy atom. The number of amides is 2. The summed E-state index contributed by atoms with van der Waals surface area (Å²) in [5.74, 6) is -0.0853. The molecule has 2 amide bonds. The summed E-state index contributed by atoms with van der Waals surface area (Å²) in [5, 5.41) is 0. The van der Waals surface area contributed by atoms with E-state index in [9.17, 15) is 9.59 Å². The molecule has 2 rings (SSSR count). The molecule has 1 heterocycles. The zero-order valence-corrected chi connectivity index (χ0v) is 11.3. The van der Waals surface area contributed by atoms with E-state index < -0.39 is 0 Å². The van der Waals surface area contributed by atoms with Crippen LogP contribution in [0.4, 0.5) is 11.4 Å². The normalized spacial score (nSPS) is 16.1. The molecule has 0 aliphatic carbocycles. The predicted octanol–water partition coefficient (Wildman–Crippen LogP) is 0.579. The van der Waals surface area contributed by atoms with Crippen molar-refractivity contribution in [3.63, 3.8) is 0 Å². The van der Waals surface area contributed by atoms with E-state index in [-0.39, 0.29) is 17.7 Å². The second kappa shape index (κ2) is 5.81. The van der Waals surface area contributed by atoms with Crippen LogP contribution < -0.4 is 17.2 Å². The molecule has 0 radical (unpaired) electrons. The van der Waals surface area contributed by atoms with Gasteiger partial charge in [0.1, 0.15) is 0 Å². The molecular weight excluding hydrogens is 256 g/mol. The van der Waals surface area contributed by atoms with E-state index in [1.165, 1.54) is 0 Å². The minimum Gasteiger partial charge on any atom is -0.399 e. The van der Waals surface area contributed by atoms with Crippen molar-refractivity contribution in [1.29, 1.82) is 0 Å². The first-order valence-corrected chi connectivity index (χ1v) is 6.70. The summed E-state index contributed by atoms with van der Waals surface area (Å²) in [4.78, 5) is 25.0. The molecule has 6 nitrogen and oxygen atoms in total. The van der Waals surface area contributed by atoms with Gasteiger partial charge < -0.3 is 22.1 Å². The maximum absolute atomic E-state index is 12.4. The third-order valence-corrected chi connectivity index (χ3v) is 3.70. The molecule has 0 atom stereocenters. The number of nitrogens with two attached hydrogens (primary N) is 3. The zero-order chi connectivity index (χ0) is 14.7. The van der Waals surface area contributed by atoms with E-state index in [4.69, 9.17) is 17.2 Å². The Morgan fingerprint density at radius 2 is 1.85 bits per heavy atom. The SMILES string of the molecule is NC(=O)CC1CCN(C(=O)c2ccc(N)cc2N)CC1. The van der Waals surface area contributed by atoms with Gasteiger partial charge in [-0.2, -0.15) is 0 Å². The Labute approximate surface area is 117 Å². The molecule has 1 aliphatic heterocycles. The molecule has 1 saturated heterocycles. The first-order chi connectivity index (χ1) is 9.47. The Morgan fingerprint density at radius 1 is 1.20 bits per heavy atom. The Hall–Kier alpha value is -2.24. The van der Waals surface area contributed by atoms with Crippen LogP contribution in [0.15, 0.2) is 18.2 Å². The second-order valence-electron chi connectivity index (χ2n) is 5.25. The number of benzene rings is 1. The largest absolute Gasteiger partial charge is 0.399 e. The lowest BCUT2D eigenvalue weighted by Gasteiger charge is -2.31. The molecule has 6 N–H and O–H groups in total. The Kier molecular flexibility index (Phi) is 4.12. The van der Waals surface area contributed by atoms with E-state index in [0.717, 1.165) is 12.8 Å². The fourth-order valence-corrected chi connectivity index (χ4v) is 2.57. The summed E-state index contributed by atoms with van der Waals surface area (Å²) in [6, 6.07) is 4.92.